The van der Waals surface area contributed by atoms with Crippen LogP contribution in [-0.4, -0.2) is 90.2 Å². The van der Waals surface area contributed by atoms with Gasteiger partial charge in [-0.1, -0.05) is 0 Å². The SMILES string of the molecule is CCC(CC(=O)c1cc2cc(OCCCOc3cc4cc(C(=O)C5CCC5C(=O)O)[se]c4cc3OC)c(OC)cc2[se]1)C(=O)O. The number of carboxylic acids is 2. The molecule has 238 valence electrons. The van der Waals surface area contributed by atoms with Gasteiger partial charge in [-0.15, -0.1) is 0 Å². The van der Waals surface area contributed by atoms with E-state index in [1.807, 2.05) is 36.4 Å². The van der Waals surface area contributed by atoms with Crippen molar-refractivity contribution in [2.75, 3.05) is 27.4 Å². The molecular weight excluding hydrogens is 714 g/mol. The van der Waals surface area contributed by atoms with Crippen LogP contribution < -0.4 is 18.9 Å². The van der Waals surface area contributed by atoms with Crippen LogP contribution in [0.25, 0.3) is 19.3 Å². The quantitative estimate of drug-likeness (QED) is 0.0918. The van der Waals surface area contributed by atoms with Crippen molar-refractivity contribution < 1.29 is 48.3 Å². The Labute approximate surface area is 271 Å². The van der Waals surface area contributed by atoms with Gasteiger partial charge in [-0.05, 0) is 0 Å². The van der Waals surface area contributed by atoms with Gasteiger partial charge >= 0.3 is 273 Å². The average Bonchev–Trinajstić information content (AvgIpc) is 3.61. The van der Waals surface area contributed by atoms with Crippen molar-refractivity contribution >= 4 is 71.8 Å². The Morgan fingerprint density at radius 2 is 1.31 bits per heavy atom. The average molecular weight is 749 g/mol. The molecule has 12 heteroatoms. The predicted molar refractivity (Wildman–Crippen MR) is 169 cm³/mol. The third-order valence-corrected chi connectivity index (χ3v) is 12.9. The maximum atomic E-state index is 13.0. The molecule has 1 aliphatic carbocycles. The molecule has 2 heterocycles. The number of Topliss-reactive ketones (excluding diaryl/α,β-unsaturated/α-hetero) is 2. The van der Waals surface area contributed by atoms with Crippen LogP contribution in [0.2, 0.25) is 0 Å². The minimum atomic E-state index is -0.954. The van der Waals surface area contributed by atoms with E-state index >= 15 is 0 Å². The zero-order chi connectivity index (χ0) is 32.2. The van der Waals surface area contributed by atoms with Crippen LogP contribution in [0.5, 0.6) is 23.0 Å². The van der Waals surface area contributed by atoms with Crippen molar-refractivity contribution in [1.29, 1.82) is 0 Å². The molecule has 3 atom stereocenters. The second-order valence-electron chi connectivity index (χ2n) is 10.9. The molecule has 5 rings (SSSR count). The fourth-order valence-corrected chi connectivity index (χ4v) is 9.75. The molecular formula is C33H34O10Se2. The van der Waals surface area contributed by atoms with Gasteiger partial charge in [0, 0.05) is 0 Å². The van der Waals surface area contributed by atoms with Crippen LogP contribution in [0.15, 0.2) is 36.4 Å². The molecule has 2 N–H and O–H groups in total. The number of fused-ring (bicyclic) bond motifs is 2. The predicted octanol–water partition coefficient (Wildman–Crippen LogP) is 4.95. The van der Waals surface area contributed by atoms with Gasteiger partial charge in [-0.25, -0.2) is 0 Å². The second-order valence-corrected chi connectivity index (χ2v) is 15.5. The molecule has 45 heavy (non-hydrogen) atoms. The Morgan fingerprint density at radius 1 is 0.778 bits per heavy atom. The molecule has 2 aromatic carbocycles. The monoisotopic (exact) mass is 750 g/mol. The van der Waals surface area contributed by atoms with E-state index in [2.05, 4.69) is 0 Å². The van der Waals surface area contributed by atoms with Crippen LogP contribution >= 0.6 is 0 Å². The summed E-state index contributed by atoms with van der Waals surface area (Å²) in [6.45, 7) is 2.45. The van der Waals surface area contributed by atoms with Crippen molar-refractivity contribution in [2.45, 2.75) is 39.0 Å². The molecule has 0 amide bonds. The molecule has 1 saturated carbocycles. The summed E-state index contributed by atoms with van der Waals surface area (Å²) < 4.78 is 26.5. The van der Waals surface area contributed by atoms with Crippen LogP contribution in [0.3, 0.4) is 0 Å². The summed E-state index contributed by atoms with van der Waals surface area (Å²) in [4.78, 5) is 48.6. The zero-order valence-corrected chi connectivity index (χ0v) is 28.5. The Morgan fingerprint density at radius 3 is 1.78 bits per heavy atom. The molecule has 10 nitrogen and oxygen atoms in total. The first-order chi connectivity index (χ1) is 21.6. The Hall–Kier alpha value is -3.56. The first kappa shape index (κ1) is 32.8. The topological polar surface area (TPSA) is 146 Å². The first-order valence-corrected chi connectivity index (χ1v) is 18.1. The minimum absolute atomic E-state index is 0.00692. The van der Waals surface area contributed by atoms with Crippen LogP contribution in [0.1, 0.15) is 57.5 Å². The van der Waals surface area contributed by atoms with E-state index in [-0.39, 0.29) is 47.0 Å². The number of ether oxygens (including phenoxy) is 4. The van der Waals surface area contributed by atoms with E-state index in [0.29, 0.717) is 70.8 Å². The number of aliphatic carboxylic acids is 2. The number of hydrogen-bond acceptors (Lipinski definition) is 8. The Balaban J connectivity index is 1.20. The maximum absolute atomic E-state index is 13.0. The normalized spacial score (nSPS) is 16.6. The van der Waals surface area contributed by atoms with Crippen molar-refractivity contribution in [1.82, 2.24) is 0 Å². The van der Waals surface area contributed by atoms with E-state index in [0.717, 1.165) is 19.3 Å². The van der Waals surface area contributed by atoms with Gasteiger partial charge in [0.05, 0.1) is 0 Å². The Kier molecular flexibility index (Phi) is 10.4. The fraction of sp³-hybridized carbons (Fsp3) is 0.394. The van der Waals surface area contributed by atoms with E-state index in [1.165, 1.54) is 0 Å². The molecule has 0 aliphatic heterocycles. The summed E-state index contributed by atoms with van der Waals surface area (Å²) in [7, 11) is 3.12. The molecule has 0 spiro atoms. The summed E-state index contributed by atoms with van der Waals surface area (Å²) in [6, 6.07) is 11.2. The van der Waals surface area contributed by atoms with Crippen LogP contribution in [-0.2, 0) is 9.59 Å². The summed E-state index contributed by atoms with van der Waals surface area (Å²) in [5.41, 5.74) is 0. The molecule has 1 aliphatic rings. The molecule has 4 aromatic rings. The van der Waals surface area contributed by atoms with Crippen molar-refractivity contribution in [3.8, 4) is 23.0 Å². The molecule has 1 fully saturated rings. The third-order valence-electron chi connectivity index (χ3n) is 8.13. The number of benzene rings is 2. The van der Waals surface area contributed by atoms with Gasteiger partial charge in [0.1, 0.15) is 0 Å². The van der Waals surface area contributed by atoms with Gasteiger partial charge in [0.15, 0.2) is 0 Å². The van der Waals surface area contributed by atoms with Gasteiger partial charge in [-0.3, -0.25) is 0 Å². The number of methoxy groups -OCH3 is 2. The summed E-state index contributed by atoms with van der Waals surface area (Å²) in [5, 5.41) is 20.4. The number of hydrogen-bond donors (Lipinski definition) is 2. The molecule has 0 bridgehead atoms. The van der Waals surface area contributed by atoms with Crippen molar-refractivity contribution in [2.24, 2.45) is 17.8 Å². The third kappa shape index (κ3) is 7.15. The first-order valence-electron chi connectivity index (χ1n) is 14.6. The van der Waals surface area contributed by atoms with Gasteiger partial charge in [-0.2, -0.15) is 0 Å². The molecule has 0 radical (unpaired) electrons. The Bertz CT molecular complexity index is 1750. The van der Waals surface area contributed by atoms with Crippen molar-refractivity contribution in [3.63, 3.8) is 0 Å². The van der Waals surface area contributed by atoms with Gasteiger partial charge in [0.2, 0.25) is 0 Å². The summed E-state index contributed by atoms with van der Waals surface area (Å²) >= 11 is -0.458. The number of rotatable bonds is 16. The second kappa shape index (κ2) is 14.2. The number of ketones is 2. The van der Waals surface area contributed by atoms with Crippen LogP contribution in [0, 0.1) is 17.8 Å². The van der Waals surface area contributed by atoms with Crippen LogP contribution in [0.4, 0.5) is 0 Å². The number of carboxylic acid groups (broad SMARTS) is 2. The van der Waals surface area contributed by atoms with Gasteiger partial charge < -0.3 is 0 Å². The molecule has 2 aromatic heterocycles. The summed E-state index contributed by atoms with van der Waals surface area (Å²) in [5.74, 6) is -1.54. The van der Waals surface area contributed by atoms with E-state index in [1.54, 1.807) is 21.1 Å². The van der Waals surface area contributed by atoms with Gasteiger partial charge in [0.25, 0.3) is 0 Å². The van der Waals surface area contributed by atoms with Crippen molar-refractivity contribution in [3.05, 3.63) is 45.3 Å². The van der Waals surface area contributed by atoms with E-state index in [9.17, 15) is 29.4 Å². The standard InChI is InChI=1S/C33H34O10Se2/c1-4-17(32(36)37)10-22(34)29-13-18-11-25(23(40-2)15-27(18)44-29)42-8-5-9-43-26-12-19-14-30(45-28(19)16-24(26)41-3)31(35)20-6-7-21(20)33(38)39/h11-17,20-21H,4-10H2,1-3H3,(H,36,37)(H,38,39). The number of carbonyl (C=O) groups is 4. The van der Waals surface area contributed by atoms with E-state index in [4.69, 9.17) is 18.9 Å². The number of carbonyl (C=O) groups excluding carboxylic acids is 2. The summed E-state index contributed by atoms with van der Waals surface area (Å²) in [6.07, 6.45) is 2.11. The molecule has 0 saturated heterocycles. The fourth-order valence-electron chi connectivity index (χ4n) is 5.34. The zero-order valence-electron chi connectivity index (χ0n) is 25.1. The molecule has 3 unspecified atom stereocenters. The van der Waals surface area contributed by atoms with E-state index < -0.39 is 29.7 Å².